The van der Waals surface area contributed by atoms with Crippen LogP contribution in [0.1, 0.15) is 36.1 Å². The number of benzene rings is 1. The number of rotatable bonds is 7. The van der Waals surface area contributed by atoms with Crippen LogP contribution in [0.15, 0.2) is 45.8 Å². The lowest BCUT2D eigenvalue weighted by Gasteiger charge is -2.21. The molecule has 3 rings (SSSR count). The van der Waals surface area contributed by atoms with Gasteiger partial charge in [0.1, 0.15) is 0 Å². The van der Waals surface area contributed by atoms with Crippen molar-refractivity contribution in [2.45, 2.75) is 37.5 Å². The zero-order chi connectivity index (χ0) is 20.7. The number of nitrogens with zero attached hydrogens (tertiary/aromatic N) is 2. The number of carbonyl (C=O) groups is 1. The van der Waals surface area contributed by atoms with Gasteiger partial charge in [-0.05, 0) is 48.9 Å². The summed E-state index contributed by atoms with van der Waals surface area (Å²) in [6, 6.07) is 8.69. The van der Waals surface area contributed by atoms with E-state index in [2.05, 4.69) is 10.5 Å². The maximum atomic E-state index is 13.1. The fourth-order valence-electron chi connectivity index (χ4n) is 3.12. The number of anilines is 1. The van der Waals surface area contributed by atoms with Crippen LogP contribution in [-0.4, -0.2) is 44.5 Å². The van der Waals surface area contributed by atoms with Crippen molar-refractivity contribution >= 4 is 39.2 Å². The van der Waals surface area contributed by atoms with E-state index in [1.54, 1.807) is 23.4 Å². The summed E-state index contributed by atoms with van der Waals surface area (Å²) < 4.78 is 27.7. The van der Waals surface area contributed by atoms with E-state index in [0.717, 1.165) is 30.6 Å². The summed E-state index contributed by atoms with van der Waals surface area (Å²) >= 11 is 1.51. The molecule has 1 saturated heterocycles. The second-order valence-corrected chi connectivity index (χ2v) is 9.76. The Balaban J connectivity index is 1.64. The summed E-state index contributed by atoms with van der Waals surface area (Å²) in [5.74, 6) is -0.407. The van der Waals surface area contributed by atoms with Gasteiger partial charge in [-0.15, -0.1) is 11.3 Å². The van der Waals surface area contributed by atoms with Crippen molar-refractivity contribution in [2.24, 2.45) is 5.16 Å². The third-order valence-electron chi connectivity index (χ3n) is 4.65. The summed E-state index contributed by atoms with van der Waals surface area (Å²) in [5, 5.41) is 8.35. The smallest absolute Gasteiger partial charge is 0.265 e. The highest BCUT2D eigenvalue weighted by atomic mass is 32.2. The minimum Gasteiger partial charge on any atom is -0.386 e. The monoisotopic (exact) mass is 435 g/mol. The van der Waals surface area contributed by atoms with Gasteiger partial charge in [-0.3, -0.25) is 4.79 Å². The molecule has 1 N–H and O–H groups in total. The normalized spacial score (nSPS) is 15.9. The van der Waals surface area contributed by atoms with Crippen LogP contribution in [0.4, 0.5) is 5.69 Å². The summed E-state index contributed by atoms with van der Waals surface area (Å²) in [5.41, 5.74) is 1.07. The molecule has 1 amide bonds. The van der Waals surface area contributed by atoms with Gasteiger partial charge in [0, 0.05) is 23.7 Å². The molecule has 0 radical (unpaired) electrons. The lowest BCUT2D eigenvalue weighted by Crippen LogP contribution is -2.32. The minimum atomic E-state index is -3.59. The summed E-state index contributed by atoms with van der Waals surface area (Å²) in [6.07, 6.45) is 5.39. The number of carbonyl (C=O) groups excluding carboxylic acids is 1. The molecule has 29 heavy (non-hydrogen) atoms. The maximum absolute atomic E-state index is 13.1. The summed E-state index contributed by atoms with van der Waals surface area (Å²) in [6.45, 7) is 2.57. The third kappa shape index (κ3) is 5.88. The van der Waals surface area contributed by atoms with Crippen LogP contribution in [0.3, 0.4) is 0 Å². The van der Waals surface area contributed by atoms with E-state index < -0.39 is 15.9 Å². The first kappa shape index (κ1) is 21.5. The number of sulfonamides is 1. The molecule has 1 aromatic carbocycles. The Bertz CT molecular complexity index is 948. The molecule has 1 aromatic heterocycles. The molecule has 0 saturated carbocycles. The lowest BCUT2D eigenvalue weighted by atomic mass is 10.2. The molecule has 0 spiro atoms. The first-order chi connectivity index (χ1) is 14.0. The van der Waals surface area contributed by atoms with E-state index in [-0.39, 0.29) is 11.5 Å². The standard InChI is InChI=1S/C20H25N3O4S2/c1-16-8-9-17(22-20(24)15-27-21-14-18-7-6-12-28-18)13-19(16)29(25,26)23-10-4-2-3-5-11-23/h6-9,12-14H,2-5,10-11,15H2,1H3,(H,22,24)/b21-14+. The van der Waals surface area contributed by atoms with Gasteiger partial charge in [0.25, 0.3) is 5.91 Å². The number of thiophene rings is 1. The molecule has 9 heteroatoms. The molecular weight excluding hydrogens is 410 g/mol. The molecular formula is C20H25N3O4S2. The number of aryl methyl sites for hydroxylation is 1. The van der Waals surface area contributed by atoms with Gasteiger partial charge in [0.15, 0.2) is 6.61 Å². The van der Waals surface area contributed by atoms with Crippen molar-refractivity contribution in [1.29, 1.82) is 0 Å². The predicted molar refractivity (Wildman–Crippen MR) is 115 cm³/mol. The predicted octanol–water partition coefficient (Wildman–Crippen LogP) is 3.61. The largest absolute Gasteiger partial charge is 0.386 e. The molecule has 2 heterocycles. The van der Waals surface area contributed by atoms with Crippen molar-refractivity contribution in [1.82, 2.24) is 4.31 Å². The molecule has 0 bridgehead atoms. The third-order valence-corrected chi connectivity index (χ3v) is 7.50. The van der Waals surface area contributed by atoms with Crippen LogP contribution in [0.25, 0.3) is 0 Å². The Kier molecular flexibility index (Phi) is 7.40. The molecule has 7 nitrogen and oxygen atoms in total. The van der Waals surface area contributed by atoms with Gasteiger partial charge in [-0.1, -0.05) is 30.1 Å². The highest BCUT2D eigenvalue weighted by Gasteiger charge is 2.27. The minimum absolute atomic E-state index is 0.230. The Morgan fingerprint density at radius 1 is 1.24 bits per heavy atom. The molecule has 156 valence electrons. The highest BCUT2D eigenvalue weighted by molar-refractivity contribution is 7.89. The second-order valence-electron chi connectivity index (χ2n) is 6.87. The highest BCUT2D eigenvalue weighted by Crippen LogP contribution is 2.25. The van der Waals surface area contributed by atoms with Gasteiger partial charge in [0.2, 0.25) is 10.0 Å². The van der Waals surface area contributed by atoms with Crippen LogP contribution >= 0.6 is 11.3 Å². The first-order valence-electron chi connectivity index (χ1n) is 9.56. The second kappa shape index (κ2) is 10.00. The van der Waals surface area contributed by atoms with E-state index in [1.165, 1.54) is 23.6 Å². The van der Waals surface area contributed by atoms with Gasteiger partial charge in [0.05, 0.1) is 11.1 Å². The Labute approximate surface area is 175 Å². The zero-order valence-electron chi connectivity index (χ0n) is 16.3. The maximum Gasteiger partial charge on any atom is 0.265 e. The molecule has 0 atom stereocenters. The van der Waals surface area contributed by atoms with Crippen molar-refractivity contribution in [3.63, 3.8) is 0 Å². The average Bonchev–Trinajstić information content (AvgIpc) is 3.05. The number of hydrogen-bond acceptors (Lipinski definition) is 6. The number of hydrogen-bond donors (Lipinski definition) is 1. The molecule has 1 aliphatic heterocycles. The van der Waals surface area contributed by atoms with Crippen LogP contribution in [0.2, 0.25) is 0 Å². The molecule has 1 fully saturated rings. The topological polar surface area (TPSA) is 88.1 Å². The van der Waals surface area contributed by atoms with E-state index in [4.69, 9.17) is 4.84 Å². The Morgan fingerprint density at radius 3 is 2.69 bits per heavy atom. The van der Waals surface area contributed by atoms with Crippen LogP contribution in [-0.2, 0) is 19.7 Å². The first-order valence-corrected chi connectivity index (χ1v) is 11.9. The van der Waals surface area contributed by atoms with E-state index in [1.807, 2.05) is 17.5 Å². The summed E-state index contributed by atoms with van der Waals surface area (Å²) in [7, 11) is -3.59. The van der Waals surface area contributed by atoms with Gasteiger partial charge in [-0.2, -0.15) is 4.31 Å². The number of nitrogens with one attached hydrogen (secondary N) is 1. The SMILES string of the molecule is Cc1ccc(NC(=O)CO/N=C/c2cccs2)cc1S(=O)(=O)N1CCCCCC1. The molecule has 0 unspecified atom stereocenters. The van der Waals surface area contributed by atoms with E-state index in [9.17, 15) is 13.2 Å². The molecule has 1 aliphatic rings. The van der Waals surface area contributed by atoms with Crippen molar-refractivity contribution in [3.05, 3.63) is 46.2 Å². The Hall–Kier alpha value is -2.23. The van der Waals surface area contributed by atoms with Gasteiger partial charge in [-0.25, -0.2) is 8.42 Å². The Morgan fingerprint density at radius 2 is 2.00 bits per heavy atom. The van der Waals surface area contributed by atoms with Crippen LogP contribution < -0.4 is 5.32 Å². The van der Waals surface area contributed by atoms with Gasteiger partial charge >= 0.3 is 0 Å². The quantitative estimate of drug-likeness (QED) is 0.532. The number of oxime groups is 1. The molecule has 0 aliphatic carbocycles. The van der Waals surface area contributed by atoms with Gasteiger partial charge < -0.3 is 10.2 Å². The van der Waals surface area contributed by atoms with E-state index >= 15 is 0 Å². The van der Waals surface area contributed by atoms with Crippen molar-refractivity contribution in [3.8, 4) is 0 Å². The van der Waals surface area contributed by atoms with Crippen molar-refractivity contribution < 1.29 is 18.0 Å². The van der Waals surface area contributed by atoms with E-state index in [0.29, 0.717) is 24.3 Å². The van der Waals surface area contributed by atoms with Crippen LogP contribution in [0, 0.1) is 6.92 Å². The number of amides is 1. The van der Waals surface area contributed by atoms with Crippen LogP contribution in [0.5, 0.6) is 0 Å². The lowest BCUT2D eigenvalue weighted by molar-refractivity contribution is -0.120. The average molecular weight is 436 g/mol. The zero-order valence-corrected chi connectivity index (χ0v) is 18.0. The summed E-state index contributed by atoms with van der Waals surface area (Å²) in [4.78, 5) is 18.3. The fraction of sp³-hybridized carbons (Fsp3) is 0.400. The van der Waals surface area contributed by atoms with Crippen molar-refractivity contribution in [2.75, 3.05) is 25.0 Å². The molecule has 2 aromatic rings. The fourth-order valence-corrected chi connectivity index (χ4v) is 5.47.